The molecule has 8 heteroatoms. The summed E-state index contributed by atoms with van der Waals surface area (Å²) in [7, 11) is 0. The van der Waals surface area contributed by atoms with Crippen molar-refractivity contribution in [2.24, 2.45) is 5.92 Å². The fourth-order valence-corrected chi connectivity index (χ4v) is 2.86. The first-order valence-corrected chi connectivity index (χ1v) is 8.41. The Labute approximate surface area is 167 Å². The lowest BCUT2D eigenvalue weighted by atomic mass is 9.99. The molecule has 1 aliphatic rings. The second-order valence-electron chi connectivity index (χ2n) is 5.48. The van der Waals surface area contributed by atoms with Gasteiger partial charge in [0.2, 0.25) is 11.8 Å². The van der Waals surface area contributed by atoms with Crippen LogP contribution in [-0.4, -0.2) is 24.0 Å². The highest BCUT2D eigenvalue weighted by molar-refractivity contribution is 9.10. The number of piperidine rings is 1. The van der Waals surface area contributed by atoms with E-state index in [1.165, 1.54) is 0 Å². The van der Waals surface area contributed by atoms with Gasteiger partial charge in [0.15, 0.2) is 0 Å². The number of carbonyl (C=O) groups excluding carboxylic acids is 1. The van der Waals surface area contributed by atoms with Crippen molar-refractivity contribution >= 4 is 52.3 Å². The molecule has 2 aromatic rings. The van der Waals surface area contributed by atoms with Gasteiger partial charge in [-0.15, -0.1) is 24.8 Å². The predicted molar refractivity (Wildman–Crippen MR) is 107 cm³/mol. The molecule has 0 spiro atoms. The number of benzene rings is 1. The fraction of sp³-hybridized carbons (Fsp3) is 0.294. The van der Waals surface area contributed by atoms with E-state index in [0.717, 1.165) is 30.4 Å². The lowest BCUT2D eigenvalue weighted by Gasteiger charge is -2.21. The Kier molecular flexibility index (Phi) is 9.21. The molecule has 1 aromatic heterocycles. The third-order valence-electron chi connectivity index (χ3n) is 3.69. The third-order valence-corrected chi connectivity index (χ3v) is 4.18. The van der Waals surface area contributed by atoms with Crippen molar-refractivity contribution in [1.82, 2.24) is 10.3 Å². The normalized spacial score (nSPS) is 16.1. The fourth-order valence-electron chi connectivity index (χ4n) is 2.49. The SMILES string of the molecule is Cl.Cl.O=C(Nc1ccc(Oc2cccc(Br)c2)nc1)C1CCCNC1. The molecule has 2 N–H and O–H groups in total. The first kappa shape index (κ1) is 21.7. The molecule has 2 heterocycles. The van der Waals surface area contributed by atoms with Crippen molar-refractivity contribution in [3.8, 4) is 11.6 Å². The number of rotatable bonds is 4. The Balaban J connectivity index is 0.00000156. The molecule has 5 nitrogen and oxygen atoms in total. The summed E-state index contributed by atoms with van der Waals surface area (Å²) in [5.41, 5.74) is 0.683. The lowest BCUT2D eigenvalue weighted by molar-refractivity contribution is -0.120. The average Bonchev–Trinajstić information content (AvgIpc) is 2.57. The van der Waals surface area contributed by atoms with Gasteiger partial charge in [-0.05, 0) is 43.7 Å². The zero-order valence-corrected chi connectivity index (χ0v) is 16.6. The number of anilines is 1. The van der Waals surface area contributed by atoms with Gasteiger partial charge in [-0.2, -0.15) is 0 Å². The van der Waals surface area contributed by atoms with Crippen LogP contribution in [-0.2, 0) is 4.79 Å². The second-order valence-corrected chi connectivity index (χ2v) is 6.39. The van der Waals surface area contributed by atoms with Gasteiger partial charge in [-0.1, -0.05) is 22.0 Å². The van der Waals surface area contributed by atoms with Crippen molar-refractivity contribution < 1.29 is 9.53 Å². The van der Waals surface area contributed by atoms with Crippen molar-refractivity contribution in [3.63, 3.8) is 0 Å². The topological polar surface area (TPSA) is 63.2 Å². The van der Waals surface area contributed by atoms with Crippen LogP contribution in [0, 0.1) is 5.92 Å². The van der Waals surface area contributed by atoms with Crippen LogP contribution in [0.5, 0.6) is 11.6 Å². The van der Waals surface area contributed by atoms with Crippen LogP contribution in [0.25, 0.3) is 0 Å². The van der Waals surface area contributed by atoms with Gasteiger partial charge in [0.05, 0.1) is 17.8 Å². The summed E-state index contributed by atoms with van der Waals surface area (Å²) in [6.45, 7) is 1.73. The maximum Gasteiger partial charge on any atom is 0.228 e. The van der Waals surface area contributed by atoms with E-state index in [1.54, 1.807) is 18.3 Å². The van der Waals surface area contributed by atoms with Crippen LogP contribution < -0.4 is 15.4 Å². The largest absolute Gasteiger partial charge is 0.439 e. The van der Waals surface area contributed by atoms with Gasteiger partial charge in [-0.25, -0.2) is 4.98 Å². The van der Waals surface area contributed by atoms with Crippen LogP contribution in [0.2, 0.25) is 0 Å². The average molecular weight is 449 g/mol. The standard InChI is InChI=1S/C17H18BrN3O2.2ClH/c18-13-4-1-5-15(9-13)23-16-7-6-14(11-20-16)21-17(22)12-3-2-8-19-10-12;;/h1,4-7,9,11-12,19H,2-3,8,10H2,(H,21,22);2*1H. The van der Waals surface area contributed by atoms with Gasteiger partial charge in [-0.3, -0.25) is 4.79 Å². The maximum atomic E-state index is 12.2. The highest BCUT2D eigenvalue weighted by atomic mass is 79.9. The molecule has 1 aliphatic heterocycles. The summed E-state index contributed by atoms with van der Waals surface area (Å²) in [6, 6.07) is 11.1. The molecule has 25 heavy (non-hydrogen) atoms. The summed E-state index contributed by atoms with van der Waals surface area (Å²) >= 11 is 3.40. The highest BCUT2D eigenvalue weighted by Crippen LogP contribution is 2.23. The number of nitrogens with one attached hydrogen (secondary N) is 2. The number of nitrogens with zero attached hydrogens (tertiary/aromatic N) is 1. The van der Waals surface area contributed by atoms with E-state index in [1.807, 2.05) is 24.3 Å². The molecular weight excluding hydrogens is 429 g/mol. The Morgan fingerprint density at radius 3 is 2.76 bits per heavy atom. The van der Waals surface area contributed by atoms with E-state index in [0.29, 0.717) is 17.3 Å². The number of ether oxygens (including phenoxy) is 1. The molecule has 136 valence electrons. The monoisotopic (exact) mass is 447 g/mol. The smallest absolute Gasteiger partial charge is 0.228 e. The van der Waals surface area contributed by atoms with Gasteiger partial charge in [0.25, 0.3) is 0 Å². The van der Waals surface area contributed by atoms with Crippen LogP contribution >= 0.6 is 40.7 Å². The number of aromatic nitrogens is 1. The van der Waals surface area contributed by atoms with Crippen LogP contribution in [0.15, 0.2) is 47.1 Å². The predicted octanol–water partition coefficient (Wildman–Crippen LogP) is 4.42. The molecule has 0 radical (unpaired) electrons. The summed E-state index contributed by atoms with van der Waals surface area (Å²) < 4.78 is 6.62. The molecule has 3 rings (SSSR count). The molecule has 1 fully saturated rings. The van der Waals surface area contributed by atoms with Gasteiger partial charge in [0.1, 0.15) is 5.75 Å². The van der Waals surface area contributed by atoms with E-state index >= 15 is 0 Å². The molecule has 1 unspecified atom stereocenters. The number of halogens is 3. The van der Waals surface area contributed by atoms with E-state index in [9.17, 15) is 4.79 Å². The Bertz CT molecular complexity index is 680. The molecule has 0 saturated carbocycles. The minimum absolute atomic E-state index is 0. The number of carbonyl (C=O) groups is 1. The first-order chi connectivity index (χ1) is 11.2. The van der Waals surface area contributed by atoms with E-state index < -0.39 is 0 Å². The Hall–Kier alpha value is -1.34. The Morgan fingerprint density at radius 2 is 2.12 bits per heavy atom. The molecular formula is C17H20BrCl2N3O2. The van der Waals surface area contributed by atoms with Crippen LogP contribution in [0.1, 0.15) is 12.8 Å². The molecule has 1 saturated heterocycles. The van der Waals surface area contributed by atoms with Crippen molar-refractivity contribution in [3.05, 3.63) is 47.1 Å². The van der Waals surface area contributed by atoms with Crippen molar-refractivity contribution in [2.45, 2.75) is 12.8 Å². The zero-order valence-electron chi connectivity index (χ0n) is 13.4. The highest BCUT2D eigenvalue weighted by Gasteiger charge is 2.20. The second kappa shape index (κ2) is 10.6. The van der Waals surface area contributed by atoms with Crippen molar-refractivity contribution in [1.29, 1.82) is 0 Å². The van der Waals surface area contributed by atoms with Crippen LogP contribution in [0.4, 0.5) is 5.69 Å². The van der Waals surface area contributed by atoms with E-state index in [-0.39, 0.29) is 36.6 Å². The number of pyridine rings is 1. The zero-order chi connectivity index (χ0) is 16.1. The number of hydrogen-bond donors (Lipinski definition) is 2. The summed E-state index contributed by atoms with van der Waals surface area (Å²) in [6.07, 6.45) is 3.58. The van der Waals surface area contributed by atoms with Gasteiger partial charge in [0, 0.05) is 17.1 Å². The molecule has 1 amide bonds. The summed E-state index contributed by atoms with van der Waals surface area (Å²) in [4.78, 5) is 16.4. The quantitative estimate of drug-likeness (QED) is 0.726. The maximum absolute atomic E-state index is 12.2. The van der Waals surface area contributed by atoms with Gasteiger partial charge < -0.3 is 15.4 Å². The van der Waals surface area contributed by atoms with Crippen LogP contribution in [0.3, 0.4) is 0 Å². The molecule has 0 aliphatic carbocycles. The Morgan fingerprint density at radius 1 is 1.28 bits per heavy atom. The van der Waals surface area contributed by atoms with Crippen molar-refractivity contribution in [2.75, 3.05) is 18.4 Å². The number of hydrogen-bond acceptors (Lipinski definition) is 4. The van der Waals surface area contributed by atoms with E-state index in [2.05, 4.69) is 31.5 Å². The molecule has 1 aromatic carbocycles. The number of amides is 1. The minimum Gasteiger partial charge on any atom is -0.439 e. The summed E-state index contributed by atoms with van der Waals surface area (Å²) in [5, 5.41) is 6.15. The first-order valence-electron chi connectivity index (χ1n) is 7.62. The molecule has 0 bridgehead atoms. The lowest BCUT2D eigenvalue weighted by Crippen LogP contribution is -2.37. The molecule has 1 atom stereocenters. The van der Waals surface area contributed by atoms with E-state index in [4.69, 9.17) is 4.74 Å². The van der Waals surface area contributed by atoms with Gasteiger partial charge >= 0.3 is 0 Å². The summed E-state index contributed by atoms with van der Waals surface area (Å²) in [5.74, 6) is 1.26. The minimum atomic E-state index is 0. The third kappa shape index (κ3) is 6.47.